The summed E-state index contributed by atoms with van der Waals surface area (Å²) < 4.78 is 32.8. The van der Waals surface area contributed by atoms with Crippen molar-refractivity contribution in [3.63, 3.8) is 0 Å². The molecule has 0 radical (unpaired) electrons. The zero-order chi connectivity index (χ0) is 20.0. The van der Waals surface area contributed by atoms with Crippen LogP contribution in [-0.4, -0.2) is 51.7 Å². The van der Waals surface area contributed by atoms with Gasteiger partial charge in [0.25, 0.3) is 5.91 Å². The van der Waals surface area contributed by atoms with E-state index in [1.807, 2.05) is 0 Å². The summed E-state index contributed by atoms with van der Waals surface area (Å²) in [7, 11) is -3.89. The molecule has 0 saturated carbocycles. The molecule has 1 fully saturated rings. The van der Waals surface area contributed by atoms with Gasteiger partial charge in [0.15, 0.2) is 5.78 Å². The van der Waals surface area contributed by atoms with Gasteiger partial charge >= 0.3 is 0 Å². The van der Waals surface area contributed by atoms with Crippen molar-refractivity contribution < 1.29 is 27.5 Å². The standard InChI is InChI=1S/C18H24N2O6S/c1-12(2)16(20-27(24,25)14-6-4-3-5-7-14)15(21)10-13-11-26-9-8-19-18(23)17(13)22/h3-7,12-13,16,20H,8-11H2,1-2H3,(H,19,23). The Balaban J connectivity index is 2.14. The molecule has 2 N–H and O–H groups in total. The zero-order valence-electron chi connectivity index (χ0n) is 15.3. The monoisotopic (exact) mass is 396 g/mol. The van der Waals surface area contributed by atoms with Gasteiger partial charge in [-0.15, -0.1) is 0 Å². The van der Waals surface area contributed by atoms with Crippen LogP contribution in [0.25, 0.3) is 0 Å². The van der Waals surface area contributed by atoms with Gasteiger partial charge in [-0.25, -0.2) is 13.1 Å². The number of ether oxygens (including phenoxy) is 1. The number of hydrogen-bond acceptors (Lipinski definition) is 6. The van der Waals surface area contributed by atoms with Crippen LogP contribution in [0.3, 0.4) is 0 Å². The molecule has 8 nitrogen and oxygen atoms in total. The molecule has 0 aromatic heterocycles. The Labute approximate surface area is 158 Å². The maximum atomic E-state index is 12.7. The maximum Gasteiger partial charge on any atom is 0.287 e. The lowest BCUT2D eigenvalue weighted by atomic mass is 9.91. The average Bonchev–Trinajstić information content (AvgIpc) is 2.63. The smallest absolute Gasteiger partial charge is 0.287 e. The number of Topliss-reactive ketones (excluding diaryl/α,β-unsaturated/α-hetero) is 2. The van der Waals surface area contributed by atoms with E-state index in [1.54, 1.807) is 32.0 Å². The Morgan fingerprint density at radius 2 is 1.93 bits per heavy atom. The largest absolute Gasteiger partial charge is 0.379 e. The van der Waals surface area contributed by atoms with E-state index in [0.717, 1.165) is 0 Å². The van der Waals surface area contributed by atoms with Gasteiger partial charge in [-0.1, -0.05) is 32.0 Å². The van der Waals surface area contributed by atoms with Crippen LogP contribution in [0.2, 0.25) is 0 Å². The number of carbonyl (C=O) groups excluding carboxylic acids is 3. The van der Waals surface area contributed by atoms with E-state index in [-0.39, 0.29) is 37.0 Å². The fraction of sp³-hybridized carbons (Fsp3) is 0.500. The molecule has 1 aliphatic rings. The average molecular weight is 396 g/mol. The maximum absolute atomic E-state index is 12.7. The SMILES string of the molecule is CC(C)C(NS(=O)(=O)c1ccccc1)C(=O)CC1COCCNC(=O)C1=O. The van der Waals surface area contributed by atoms with Crippen molar-refractivity contribution in [1.82, 2.24) is 10.0 Å². The second-order valence-corrected chi connectivity index (χ2v) is 8.43. The number of rotatable bonds is 7. The summed E-state index contributed by atoms with van der Waals surface area (Å²) in [4.78, 5) is 36.7. The third kappa shape index (κ3) is 5.69. The fourth-order valence-corrected chi connectivity index (χ4v) is 4.13. The van der Waals surface area contributed by atoms with E-state index < -0.39 is 39.5 Å². The highest BCUT2D eigenvalue weighted by atomic mass is 32.2. The van der Waals surface area contributed by atoms with Crippen LogP contribution in [0.4, 0.5) is 0 Å². The molecule has 1 aliphatic heterocycles. The number of sulfonamides is 1. The van der Waals surface area contributed by atoms with Gasteiger partial charge in [0, 0.05) is 13.0 Å². The molecule has 148 valence electrons. The van der Waals surface area contributed by atoms with E-state index in [9.17, 15) is 22.8 Å². The minimum absolute atomic E-state index is 0.0474. The second kappa shape index (κ2) is 9.20. The minimum atomic E-state index is -3.89. The number of hydrogen-bond donors (Lipinski definition) is 2. The van der Waals surface area contributed by atoms with Gasteiger partial charge in [-0.2, -0.15) is 0 Å². The summed E-state index contributed by atoms with van der Waals surface area (Å²) >= 11 is 0. The summed E-state index contributed by atoms with van der Waals surface area (Å²) in [6.45, 7) is 3.85. The van der Waals surface area contributed by atoms with Crippen LogP contribution in [-0.2, 0) is 29.1 Å². The lowest BCUT2D eigenvalue weighted by Gasteiger charge is -2.24. The van der Waals surface area contributed by atoms with Crippen molar-refractivity contribution >= 4 is 27.5 Å². The normalized spacial score (nSPS) is 19.9. The number of nitrogens with one attached hydrogen (secondary N) is 2. The highest BCUT2D eigenvalue weighted by molar-refractivity contribution is 7.89. The molecular weight excluding hydrogens is 372 g/mol. The minimum Gasteiger partial charge on any atom is -0.379 e. The third-order valence-corrected chi connectivity index (χ3v) is 5.70. The van der Waals surface area contributed by atoms with Gasteiger partial charge in [0.05, 0.1) is 30.1 Å². The first-order valence-electron chi connectivity index (χ1n) is 8.72. The van der Waals surface area contributed by atoms with Crippen molar-refractivity contribution in [2.24, 2.45) is 11.8 Å². The highest BCUT2D eigenvalue weighted by Crippen LogP contribution is 2.17. The fourth-order valence-electron chi connectivity index (χ4n) is 2.74. The molecule has 2 unspecified atom stereocenters. The first-order valence-corrected chi connectivity index (χ1v) is 10.2. The molecule has 9 heteroatoms. The quantitative estimate of drug-likeness (QED) is 0.639. The summed E-state index contributed by atoms with van der Waals surface area (Å²) in [5.74, 6) is -3.20. The van der Waals surface area contributed by atoms with Crippen molar-refractivity contribution in [2.75, 3.05) is 19.8 Å². The molecule has 0 spiro atoms. The molecule has 2 atom stereocenters. The van der Waals surface area contributed by atoms with Gasteiger partial charge in [0.2, 0.25) is 15.8 Å². The Morgan fingerprint density at radius 3 is 2.56 bits per heavy atom. The Morgan fingerprint density at radius 1 is 1.26 bits per heavy atom. The summed E-state index contributed by atoms with van der Waals surface area (Å²) in [6, 6.07) is 6.71. The van der Waals surface area contributed by atoms with Crippen molar-refractivity contribution in [3.8, 4) is 0 Å². The zero-order valence-corrected chi connectivity index (χ0v) is 16.1. The molecule has 2 rings (SSSR count). The number of amides is 1. The molecule has 1 heterocycles. The topological polar surface area (TPSA) is 119 Å². The van der Waals surface area contributed by atoms with E-state index in [0.29, 0.717) is 0 Å². The number of benzene rings is 1. The van der Waals surface area contributed by atoms with Crippen molar-refractivity contribution in [1.29, 1.82) is 0 Å². The molecule has 1 aromatic carbocycles. The van der Waals surface area contributed by atoms with Crippen LogP contribution in [0, 0.1) is 11.8 Å². The van der Waals surface area contributed by atoms with Crippen molar-refractivity contribution in [2.45, 2.75) is 31.2 Å². The van der Waals surface area contributed by atoms with Crippen LogP contribution >= 0.6 is 0 Å². The van der Waals surface area contributed by atoms with E-state index in [4.69, 9.17) is 4.74 Å². The lowest BCUT2D eigenvalue weighted by Crippen LogP contribution is -2.47. The van der Waals surface area contributed by atoms with Gasteiger partial charge in [-0.05, 0) is 18.1 Å². The van der Waals surface area contributed by atoms with Gasteiger partial charge < -0.3 is 10.1 Å². The second-order valence-electron chi connectivity index (χ2n) is 6.72. The highest BCUT2D eigenvalue weighted by Gasteiger charge is 2.34. The molecule has 0 aliphatic carbocycles. The molecular formula is C18H24N2O6S. The lowest BCUT2D eigenvalue weighted by molar-refractivity contribution is -0.144. The number of carbonyl (C=O) groups is 3. The van der Waals surface area contributed by atoms with Crippen LogP contribution in [0.1, 0.15) is 20.3 Å². The molecule has 1 aromatic rings. The Hall–Kier alpha value is -2.10. The van der Waals surface area contributed by atoms with Gasteiger partial charge in [0.1, 0.15) is 0 Å². The van der Waals surface area contributed by atoms with Crippen molar-refractivity contribution in [3.05, 3.63) is 30.3 Å². The molecule has 1 amide bonds. The van der Waals surface area contributed by atoms with E-state index in [1.165, 1.54) is 12.1 Å². The third-order valence-electron chi connectivity index (χ3n) is 4.24. The van der Waals surface area contributed by atoms with E-state index >= 15 is 0 Å². The molecule has 0 bridgehead atoms. The van der Waals surface area contributed by atoms with Crippen LogP contribution in [0.15, 0.2) is 35.2 Å². The summed E-state index contributed by atoms with van der Waals surface area (Å²) in [6.07, 6.45) is -0.271. The first kappa shape index (κ1) is 21.2. The predicted molar refractivity (Wildman–Crippen MR) is 97.3 cm³/mol. The number of ketones is 2. The summed E-state index contributed by atoms with van der Waals surface area (Å²) in [5, 5.41) is 2.41. The Kier molecular flexibility index (Phi) is 7.23. The summed E-state index contributed by atoms with van der Waals surface area (Å²) in [5.41, 5.74) is 0. The molecule has 1 saturated heterocycles. The first-order chi connectivity index (χ1) is 12.7. The predicted octanol–water partition coefficient (Wildman–Crippen LogP) is 0.280. The molecule has 27 heavy (non-hydrogen) atoms. The van der Waals surface area contributed by atoms with Crippen LogP contribution in [0.5, 0.6) is 0 Å². The van der Waals surface area contributed by atoms with E-state index in [2.05, 4.69) is 10.0 Å². The van der Waals surface area contributed by atoms with Gasteiger partial charge in [-0.3, -0.25) is 14.4 Å². The Bertz CT molecular complexity index is 791. The van der Waals surface area contributed by atoms with Crippen LogP contribution < -0.4 is 10.0 Å².